The van der Waals surface area contributed by atoms with Gasteiger partial charge in [-0.1, -0.05) is 88.4 Å². The molecular formula is C33H29Cl3N6O4. The smallest absolute Gasteiger partial charge is 0.266 e. The van der Waals surface area contributed by atoms with Gasteiger partial charge in [0.15, 0.2) is 11.6 Å². The van der Waals surface area contributed by atoms with E-state index in [0.29, 0.717) is 51.2 Å². The van der Waals surface area contributed by atoms with Gasteiger partial charge in [-0.25, -0.2) is 10.4 Å². The van der Waals surface area contributed by atoms with E-state index >= 15 is 0 Å². The molecule has 0 unspecified atom stereocenters. The van der Waals surface area contributed by atoms with Crippen molar-refractivity contribution in [3.05, 3.63) is 139 Å². The van der Waals surface area contributed by atoms with Crippen LogP contribution in [-0.2, 0) is 22.5 Å². The highest BCUT2D eigenvalue weighted by molar-refractivity contribution is 6.35. The number of carbonyl (C=O) groups is 1. The van der Waals surface area contributed by atoms with Gasteiger partial charge in [-0.05, 0) is 59.1 Å². The van der Waals surface area contributed by atoms with Gasteiger partial charge in [0, 0.05) is 62.8 Å². The molecule has 0 saturated carbocycles. The largest absolute Gasteiger partial charge is 0.494 e. The van der Waals surface area contributed by atoms with Crippen LogP contribution in [0.2, 0.25) is 15.1 Å². The second-order valence-corrected chi connectivity index (χ2v) is 11.6. The Bertz CT molecular complexity index is 1780. The fraction of sp³-hybridized carbons (Fsp3) is 0.212. The predicted octanol–water partition coefficient (Wildman–Crippen LogP) is 7.67. The predicted molar refractivity (Wildman–Crippen MR) is 179 cm³/mol. The number of hydrazine groups is 1. The van der Waals surface area contributed by atoms with E-state index in [1.807, 2.05) is 18.2 Å². The van der Waals surface area contributed by atoms with Crippen molar-refractivity contribution in [3.63, 3.8) is 0 Å². The SMILES string of the molecule is [N-]=[N+]=Nc1ccccc1C[C@]1(C(=O)NNCc2ccccc2Cl)N=C(c2ccc(OCCCO)cc2)O[C@H]1c1ccc(Cl)cc1Cl. The maximum Gasteiger partial charge on any atom is 0.266 e. The van der Waals surface area contributed by atoms with Crippen molar-refractivity contribution in [2.75, 3.05) is 13.2 Å². The number of ether oxygens (including phenoxy) is 2. The third-order valence-corrected chi connectivity index (χ3v) is 8.25. The summed E-state index contributed by atoms with van der Waals surface area (Å²) in [4.78, 5) is 22.4. The van der Waals surface area contributed by atoms with Gasteiger partial charge in [-0.3, -0.25) is 10.2 Å². The second-order valence-electron chi connectivity index (χ2n) is 10.3. The Kier molecular flexibility index (Phi) is 11.0. The zero-order valence-corrected chi connectivity index (χ0v) is 26.6. The molecule has 0 spiro atoms. The summed E-state index contributed by atoms with van der Waals surface area (Å²) in [6, 6.07) is 26.2. The molecule has 4 aromatic rings. The summed E-state index contributed by atoms with van der Waals surface area (Å²) in [6.07, 6.45) is -0.535. The Morgan fingerprint density at radius 3 is 2.46 bits per heavy atom. The Labute approximate surface area is 280 Å². The number of nitrogens with zero attached hydrogens (tertiary/aromatic N) is 4. The van der Waals surface area contributed by atoms with Crippen molar-refractivity contribution in [3.8, 4) is 5.75 Å². The number of halogens is 3. The lowest BCUT2D eigenvalue weighted by molar-refractivity contribution is -0.130. The molecule has 1 heterocycles. The first-order chi connectivity index (χ1) is 22.3. The first kappa shape index (κ1) is 33.1. The fourth-order valence-corrected chi connectivity index (χ4v) is 5.75. The number of rotatable bonds is 13. The topological polar surface area (TPSA) is 141 Å². The molecule has 1 aliphatic rings. The van der Waals surface area contributed by atoms with Gasteiger partial charge in [0.05, 0.1) is 6.61 Å². The normalized spacial score (nSPS) is 17.0. The van der Waals surface area contributed by atoms with Crippen molar-refractivity contribution in [2.24, 2.45) is 10.1 Å². The summed E-state index contributed by atoms with van der Waals surface area (Å²) < 4.78 is 12.2. The number of azide groups is 1. The average molecular weight is 680 g/mol. The number of aliphatic hydroxyl groups is 1. The van der Waals surface area contributed by atoms with E-state index in [0.717, 1.165) is 5.56 Å². The number of carbonyl (C=O) groups excluding carboxylic acids is 1. The minimum Gasteiger partial charge on any atom is -0.494 e. The molecule has 1 amide bonds. The van der Waals surface area contributed by atoms with Crippen LogP contribution in [0.1, 0.15) is 34.8 Å². The minimum atomic E-state index is -1.64. The molecule has 5 rings (SSSR count). The number of hydrogen-bond donors (Lipinski definition) is 3. The number of aliphatic imine (C=N–C) groups is 1. The monoisotopic (exact) mass is 678 g/mol. The molecule has 1 aliphatic heterocycles. The molecule has 0 bridgehead atoms. The Balaban J connectivity index is 1.59. The molecular weight excluding hydrogens is 651 g/mol. The van der Waals surface area contributed by atoms with E-state index in [9.17, 15) is 10.3 Å². The summed E-state index contributed by atoms with van der Waals surface area (Å²) in [6.45, 7) is 0.620. The van der Waals surface area contributed by atoms with E-state index < -0.39 is 17.6 Å². The first-order valence-electron chi connectivity index (χ1n) is 14.3. The standard InChI is InChI=1S/C33H29Cl3N6O4/c34-24-12-15-26(28(36)18-24)30-33(19-22-6-2-4-9-29(22)40-42-37,32(44)41-38-20-23-7-1-3-8-27(23)35)39-31(46-30)21-10-13-25(14-11-21)45-17-5-16-43/h1-4,6-15,18,30,38,43H,5,16-17,19-20H2,(H,41,44)/t30-,33-/m0/s1. The van der Waals surface area contributed by atoms with Crippen LogP contribution in [0.15, 0.2) is 101 Å². The summed E-state index contributed by atoms with van der Waals surface area (Å²) in [5.74, 6) is 0.273. The van der Waals surface area contributed by atoms with Crippen LogP contribution in [0.25, 0.3) is 10.4 Å². The zero-order valence-electron chi connectivity index (χ0n) is 24.4. The molecule has 0 fully saturated rings. The molecule has 10 nitrogen and oxygen atoms in total. The summed E-state index contributed by atoms with van der Waals surface area (Å²) >= 11 is 19.3. The van der Waals surface area contributed by atoms with Crippen LogP contribution in [0.3, 0.4) is 0 Å². The number of nitrogens with one attached hydrogen (secondary N) is 2. The molecule has 236 valence electrons. The van der Waals surface area contributed by atoms with Crippen molar-refractivity contribution in [1.82, 2.24) is 10.9 Å². The van der Waals surface area contributed by atoms with Gasteiger partial charge < -0.3 is 14.6 Å². The third-order valence-electron chi connectivity index (χ3n) is 7.32. The summed E-state index contributed by atoms with van der Waals surface area (Å²) in [7, 11) is 0. The van der Waals surface area contributed by atoms with Gasteiger partial charge in [0.2, 0.25) is 5.90 Å². The van der Waals surface area contributed by atoms with Gasteiger partial charge >= 0.3 is 0 Å². The van der Waals surface area contributed by atoms with Gasteiger partial charge in [-0.15, -0.1) is 0 Å². The van der Waals surface area contributed by atoms with Crippen molar-refractivity contribution < 1.29 is 19.4 Å². The van der Waals surface area contributed by atoms with Gasteiger partial charge in [0.25, 0.3) is 5.91 Å². The highest BCUT2D eigenvalue weighted by atomic mass is 35.5. The lowest BCUT2D eigenvalue weighted by Gasteiger charge is -2.31. The number of benzene rings is 4. The van der Waals surface area contributed by atoms with Crippen molar-refractivity contribution >= 4 is 52.3 Å². The maximum absolute atomic E-state index is 14.4. The quantitative estimate of drug-likeness (QED) is 0.0437. The van der Waals surface area contributed by atoms with E-state index in [1.54, 1.807) is 72.8 Å². The molecule has 0 saturated heterocycles. The van der Waals surface area contributed by atoms with E-state index in [-0.39, 0.29) is 30.5 Å². The lowest BCUT2D eigenvalue weighted by atomic mass is 9.81. The van der Waals surface area contributed by atoms with E-state index in [4.69, 9.17) is 54.4 Å². The molecule has 3 N–H and O–H groups in total. The summed E-state index contributed by atoms with van der Waals surface area (Å²) in [5, 5.41) is 14.2. The number of hydrogen-bond acceptors (Lipinski definition) is 7. The summed E-state index contributed by atoms with van der Waals surface area (Å²) in [5.41, 5.74) is 16.1. The van der Waals surface area contributed by atoms with Crippen LogP contribution in [0.4, 0.5) is 5.69 Å². The third kappa shape index (κ3) is 7.57. The van der Waals surface area contributed by atoms with Gasteiger partial charge in [0.1, 0.15) is 5.75 Å². The van der Waals surface area contributed by atoms with Crippen LogP contribution >= 0.6 is 34.8 Å². The van der Waals surface area contributed by atoms with E-state index in [1.165, 1.54) is 0 Å². The van der Waals surface area contributed by atoms with Crippen LogP contribution in [-0.4, -0.2) is 35.7 Å². The molecule has 0 radical (unpaired) electrons. The maximum atomic E-state index is 14.4. The van der Waals surface area contributed by atoms with Gasteiger partial charge in [-0.2, -0.15) is 0 Å². The number of amides is 1. The fourth-order valence-electron chi connectivity index (χ4n) is 5.04. The molecule has 46 heavy (non-hydrogen) atoms. The highest BCUT2D eigenvalue weighted by Gasteiger charge is 2.54. The molecule has 4 aromatic carbocycles. The minimum absolute atomic E-state index is 0.0166. The highest BCUT2D eigenvalue weighted by Crippen LogP contribution is 2.46. The molecule has 0 aromatic heterocycles. The lowest BCUT2D eigenvalue weighted by Crippen LogP contribution is -2.53. The number of aliphatic hydroxyl groups excluding tert-OH is 1. The van der Waals surface area contributed by atoms with Crippen LogP contribution < -0.4 is 15.6 Å². The van der Waals surface area contributed by atoms with Crippen molar-refractivity contribution in [2.45, 2.75) is 31.0 Å². The Morgan fingerprint density at radius 2 is 1.74 bits per heavy atom. The second kappa shape index (κ2) is 15.3. The Hall–Kier alpha value is -4.28. The average Bonchev–Trinajstić information content (AvgIpc) is 3.43. The Morgan fingerprint density at radius 1 is 1.00 bits per heavy atom. The van der Waals surface area contributed by atoms with Crippen molar-refractivity contribution in [1.29, 1.82) is 0 Å². The molecule has 13 heteroatoms. The first-order valence-corrected chi connectivity index (χ1v) is 15.4. The van der Waals surface area contributed by atoms with E-state index in [2.05, 4.69) is 20.9 Å². The zero-order chi connectivity index (χ0) is 32.5. The molecule has 0 aliphatic carbocycles. The van der Waals surface area contributed by atoms with Crippen LogP contribution in [0, 0.1) is 0 Å². The van der Waals surface area contributed by atoms with Crippen LogP contribution in [0.5, 0.6) is 5.75 Å². The molecule has 2 atom stereocenters.